The Morgan fingerprint density at radius 1 is 1.42 bits per heavy atom. The quantitative estimate of drug-likeness (QED) is 0.522. The van der Waals surface area contributed by atoms with Gasteiger partial charge in [-0.3, -0.25) is 4.79 Å². The molecule has 2 aromatic heterocycles. The summed E-state index contributed by atoms with van der Waals surface area (Å²) in [5.74, 6) is 6.37. The van der Waals surface area contributed by atoms with Gasteiger partial charge in [0.2, 0.25) is 0 Å². The number of aromatic nitrogens is 3. The Bertz CT molecular complexity index is 565. The standard InChI is InChI=1S/C12H16N6O/c1-18-8-7-14-10(18)4-6-16-12(19)9-3-2-5-15-11(9)17-13/h2-3,5,7-8H,4,6,13H2,1H3,(H,15,17)(H,16,19). The van der Waals surface area contributed by atoms with Crippen LogP contribution in [0.2, 0.25) is 0 Å². The first kappa shape index (κ1) is 13.0. The summed E-state index contributed by atoms with van der Waals surface area (Å²) >= 11 is 0. The number of anilines is 1. The second-order valence-corrected chi connectivity index (χ2v) is 4.00. The Hall–Kier alpha value is -2.41. The van der Waals surface area contributed by atoms with E-state index >= 15 is 0 Å². The molecule has 0 aromatic carbocycles. The molecule has 0 radical (unpaired) electrons. The molecule has 1 amide bonds. The van der Waals surface area contributed by atoms with E-state index in [1.807, 2.05) is 17.8 Å². The van der Waals surface area contributed by atoms with Gasteiger partial charge < -0.3 is 15.3 Å². The number of aryl methyl sites for hydroxylation is 1. The van der Waals surface area contributed by atoms with Gasteiger partial charge >= 0.3 is 0 Å². The van der Waals surface area contributed by atoms with Crippen molar-refractivity contribution in [3.8, 4) is 0 Å². The van der Waals surface area contributed by atoms with Gasteiger partial charge in [0, 0.05) is 38.6 Å². The number of pyridine rings is 1. The van der Waals surface area contributed by atoms with Crippen molar-refractivity contribution < 1.29 is 4.79 Å². The van der Waals surface area contributed by atoms with Crippen molar-refractivity contribution in [2.24, 2.45) is 12.9 Å². The van der Waals surface area contributed by atoms with E-state index in [4.69, 9.17) is 5.84 Å². The molecule has 0 atom stereocenters. The van der Waals surface area contributed by atoms with E-state index in [9.17, 15) is 4.79 Å². The van der Waals surface area contributed by atoms with Crippen LogP contribution in [0.1, 0.15) is 16.2 Å². The van der Waals surface area contributed by atoms with Gasteiger partial charge in [0.25, 0.3) is 5.91 Å². The lowest BCUT2D eigenvalue weighted by atomic mass is 10.2. The third-order valence-electron chi connectivity index (χ3n) is 2.74. The van der Waals surface area contributed by atoms with Crippen molar-refractivity contribution in [1.29, 1.82) is 0 Å². The first-order valence-corrected chi connectivity index (χ1v) is 5.88. The first-order valence-electron chi connectivity index (χ1n) is 5.88. The molecule has 100 valence electrons. The number of nitrogens with zero attached hydrogens (tertiary/aromatic N) is 3. The molecule has 7 heteroatoms. The van der Waals surface area contributed by atoms with E-state index in [0.717, 1.165) is 5.82 Å². The number of nitrogen functional groups attached to an aromatic ring is 1. The van der Waals surface area contributed by atoms with Crippen LogP contribution in [-0.4, -0.2) is 27.0 Å². The monoisotopic (exact) mass is 260 g/mol. The molecule has 0 saturated carbocycles. The molecular formula is C12H16N6O. The van der Waals surface area contributed by atoms with Crippen LogP contribution in [0.25, 0.3) is 0 Å². The average Bonchev–Trinajstić information content (AvgIpc) is 2.84. The number of hydrogen-bond donors (Lipinski definition) is 3. The Kier molecular flexibility index (Phi) is 4.09. The van der Waals surface area contributed by atoms with E-state index in [1.54, 1.807) is 24.5 Å². The highest BCUT2D eigenvalue weighted by Gasteiger charge is 2.11. The van der Waals surface area contributed by atoms with Crippen LogP contribution in [0.5, 0.6) is 0 Å². The second kappa shape index (κ2) is 5.96. The molecule has 0 saturated heterocycles. The molecule has 0 unspecified atom stereocenters. The number of hydrogen-bond acceptors (Lipinski definition) is 5. The number of nitrogens with two attached hydrogens (primary N) is 1. The number of imidazole rings is 1. The highest BCUT2D eigenvalue weighted by atomic mass is 16.1. The van der Waals surface area contributed by atoms with Crippen molar-refractivity contribution in [1.82, 2.24) is 19.9 Å². The highest BCUT2D eigenvalue weighted by molar-refractivity contribution is 5.98. The molecule has 2 rings (SSSR count). The first-order chi connectivity index (χ1) is 9.22. The maximum Gasteiger partial charge on any atom is 0.255 e. The SMILES string of the molecule is Cn1ccnc1CCNC(=O)c1cccnc1NN. The molecule has 0 bridgehead atoms. The summed E-state index contributed by atoms with van der Waals surface area (Å²) in [7, 11) is 1.92. The van der Waals surface area contributed by atoms with Crippen molar-refractivity contribution >= 4 is 11.7 Å². The summed E-state index contributed by atoms with van der Waals surface area (Å²) in [5.41, 5.74) is 2.82. The smallest absolute Gasteiger partial charge is 0.255 e. The van der Waals surface area contributed by atoms with Crippen LogP contribution < -0.4 is 16.6 Å². The van der Waals surface area contributed by atoms with Crippen LogP contribution in [0, 0.1) is 0 Å². The lowest BCUT2D eigenvalue weighted by molar-refractivity contribution is 0.0954. The molecule has 0 aliphatic rings. The number of hydrazine groups is 1. The number of carbonyl (C=O) groups is 1. The predicted octanol–water partition coefficient (Wildman–Crippen LogP) is 0.0732. The van der Waals surface area contributed by atoms with E-state index in [0.29, 0.717) is 24.3 Å². The van der Waals surface area contributed by atoms with Gasteiger partial charge in [-0.2, -0.15) is 0 Å². The fourth-order valence-electron chi connectivity index (χ4n) is 1.72. The molecule has 19 heavy (non-hydrogen) atoms. The topological polar surface area (TPSA) is 97.9 Å². The minimum absolute atomic E-state index is 0.213. The summed E-state index contributed by atoms with van der Waals surface area (Å²) in [4.78, 5) is 20.1. The van der Waals surface area contributed by atoms with Crippen molar-refractivity contribution in [2.45, 2.75) is 6.42 Å². The summed E-state index contributed by atoms with van der Waals surface area (Å²) in [6.45, 7) is 0.503. The lowest BCUT2D eigenvalue weighted by Crippen LogP contribution is -2.28. The molecule has 2 aromatic rings. The summed E-state index contributed by atoms with van der Waals surface area (Å²) in [5, 5.41) is 2.81. The third kappa shape index (κ3) is 3.08. The van der Waals surface area contributed by atoms with E-state index in [1.165, 1.54) is 0 Å². The molecule has 0 spiro atoms. The van der Waals surface area contributed by atoms with Crippen molar-refractivity contribution in [2.75, 3.05) is 12.0 Å². The Labute approximate surface area is 110 Å². The van der Waals surface area contributed by atoms with Gasteiger partial charge in [0.15, 0.2) is 5.82 Å². The van der Waals surface area contributed by atoms with Gasteiger partial charge in [0.05, 0.1) is 5.56 Å². The molecule has 0 aliphatic carbocycles. The van der Waals surface area contributed by atoms with Crippen molar-refractivity contribution in [3.63, 3.8) is 0 Å². The van der Waals surface area contributed by atoms with Gasteiger partial charge in [-0.1, -0.05) is 0 Å². The van der Waals surface area contributed by atoms with Gasteiger partial charge in [-0.15, -0.1) is 0 Å². The highest BCUT2D eigenvalue weighted by Crippen LogP contribution is 2.09. The minimum atomic E-state index is -0.213. The summed E-state index contributed by atoms with van der Waals surface area (Å²) in [6, 6.07) is 3.35. The Balaban J connectivity index is 1.93. The van der Waals surface area contributed by atoms with Gasteiger partial charge in [-0.05, 0) is 12.1 Å². The molecule has 7 nitrogen and oxygen atoms in total. The van der Waals surface area contributed by atoms with Gasteiger partial charge in [0.1, 0.15) is 5.82 Å². The maximum atomic E-state index is 12.0. The zero-order valence-corrected chi connectivity index (χ0v) is 10.6. The number of amides is 1. The minimum Gasteiger partial charge on any atom is -0.351 e. The van der Waals surface area contributed by atoms with E-state index < -0.39 is 0 Å². The molecule has 0 aliphatic heterocycles. The third-order valence-corrected chi connectivity index (χ3v) is 2.74. The lowest BCUT2D eigenvalue weighted by Gasteiger charge is -2.08. The van der Waals surface area contributed by atoms with Crippen LogP contribution in [-0.2, 0) is 13.5 Å². The molecule has 2 heterocycles. The fraction of sp³-hybridized carbons (Fsp3) is 0.250. The normalized spacial score (nSPS) is 10.2. The molecule has 4 N–H and O–H groups in total. The number of nitrogens with one attached hydrogen (secondary N) is 2. The van der Waals surface area contributed by atoms with Gasteiger partial charge in [-0.25, -0.2) is 15.8 Å². The fourth-order valence-corrected chi connectivity index (χ4v) is 1.72. The van der Waals surface area contributed by atoms with Crippen LogP contribution in [0.3, 0.4) is 0 Å². The summed E-state index contributed by atoms with van der Waals surface area (Å²) < 4.78 is 1.92. The zero-order chi connectivity index (χ0) is 13.7. The van der Waals surface area contributed by atoms with Crippen LogP contribution in [0.4, 0.5) is 5.82 Å². The molecular weight excluding hydrogens is 244 g/mol. The second-order valence-electron chi connectivity index (χ2n) is 4.00. The van der Waals surface area contributed by atoms with E-state index in [2.05, 4.69) is 20.7 Å². The molecule has 0 fully saturated rings. The van der Waals surface area contributed by atoms with Crippen LogP contribution >= 0.6 is 0 Å². The Morgan fingerprint density at radius 3 is 2.95 bits per heavy atom. The average molecular weight is 260 g/mol. The Morgan fingerprint density at radius 2 is 2.26 bits per heavy atom. The predicted molar refractivity (Wildman–Crippen MR) is 71.3 cm³/mol. The zero-order valence-electron chi connectivity index (χ0n) is 10.6. The van der Waals surface area contributed by atoms with Crippen LogP contribution in [0.15, 0.2) is 30.7 Å². The number of rotatable bonds is 5. The summed E-state index contributed by atoms with van der Waals surface area (Å²) in [6.07, 6.45) is 5.84. The largest absolute Gasteiger partial charge is 0.351 e. The maximum absolute atomic E-state index is 12.0. The van der Waals surface area contributed by atoms with E-state index in [-0.39, 0.29) is 5.91 Å². The number of carbonyl (C=O) groups excluding carboxylic acids is 1. The van der Waals surface area contributed by atoms with Crippen molar-refractivity contribution in [3.05, 3.63) is 42.1 Å².